The van der Waals surface area contributed by atoms with Crippen molar-refractivity contribution in [1.29, 1.82) is 0 Å². The number of hydrogen-bond acceptors (Lipinski definition) is 6. The summed E-state index contributed by atoms with van der Waals surface area (Å²) in [7, 11) is 4.05. The lowest BCUT2D eigenvalue weighted by atomic mass is 10.1. The molecule has 4 rings (SSSR count). The molecule has 0 saturated carbocycles. The number of benzene rings is 2. The summed E-state index contributed by atoms with van der Waals surface area (Å²) in [6.45, 7) is 2.73. The van der Waals surface area contributed by atoms with E-state index in [-0.39, 0.29) is 5.56 Å². The van der Waals surface area contributed by atoms with Crippen LogP contribution in [-0.2, 0) is 12.6 Å². The molecule has 2 aromatic heterocycles. The van der Waals surface area contributed by atoms with Crippen LogP contribution in [0, 0.1) is 6.92 Å². The molecule has 10 heteroatoms. The van der Waals surface area contributed by atoms with Crippen molar-refractivity contribution >= 4 is 11.6 Å². The van der Waals surface area contributed by atoms with E-state index in [1.807, 2.05) is 20.2 Å². The van der Waals surface area contributed by atoms with E-state index in [4.69, 9.17) is 9.72 Å². The topological polar surface area (TPSA) is 80.2 Å². The predicted molar refractivity (Wildman–Crippen MR) is 143 cm³/mol. The van der Waals surface area contributed by atoms with Crippen molar-refractivity contribution in [2.45, 2.75) is 25.9 Å². The minimum absolute atomic E-state index is 0.0909. The predicted octanol–water partition coefficient (Wildman–Crippen LogP) is 6.40. The second-order valence-electron chi connectivity index (χ2n) is 9.24. The molecule has 2 heterocycles. The van der Waals surface area contributed by atoms with Gasteiger partial charge in [-0.25, -0.2) is 15.0 Å². The number of hydrogen-bond donors (Lipinski definition) is 1. The number of ether oxygens (including phenoxy) is 1. The average molecular weight is 536 g/mol. The summed E-state index contributed by atoms with van der Waals surface area (Å²) in [5, 5.41) is 2.64. The number of nitrogens with one attached hydrogen (secondary N) is 1. The molecular formula is C29H28F3N5O2. The number of rotatable bonds is 9. The Balaban J connectivity index is 1.49. The summed E-state index contributed by atoms with van der Waals surface area (Å²) < 4.78 is 45.2. The molecule has 202 valence electrons. The molecule has 1 N–H and O–H groups in total. The maximum Gasteiger partial charge on any atom is 0.416 e. The number of pyridine rings is 1. The molecule has 2 aromatic carbocycles. The van der Waals surface area contributed by atoms with Crippen LogP contribution in [0.15, 0.2) is 73.1 Å². The van der Waals surface area contributed by atoms with Gasteiger partial charge >= 0.3 is 6.18 Å². The molecule has 0 aliphatic carbocycles. The molecule has 1 amide bonds. The minimum Gasteiger partial charge on any atom is -0.438 e. The monoisotopic (exact) mass is 535 g/mol. The highest BCUT2D eigenvalue weighted by atomic mass is 19.4. The summed E-state index contributed by atoms with van der Waals surface area (Å²) in [5.74, 6) is 0.957. The van der Waals surface area contributed by atoms with Gasteiger partial charge in [-0.05, 0) is 94.1 Å². The van der Waals surface area contributed by atoms with Crippen LogP contribution in [0.1, 0.15) is 33.7 Å². The van der Waals surface area contributed by atoms with Crippen LogP contribution >= 0.6 is 0 Å². The first-order chi connectivity index (χ1) is 18.6. The van der Waals surface area contributed by atoms with Gasteiger partial charge in [0.05, 0.1) is 16.8 Å². The van der Waals surface area contributed by atoms with Crippen LogP contribution in [0.25, 0.3) is 11.3 Å². The molecule has 0 radical (unpaired) electrons. The maximum absolute atomic E-state index is 13.0. The van der Waals surface area contributed by atoms with Gasteiger partial charge in [-0.2, -0.15) is 13.2 Å². The lowest BCUT2D eigenvalue weighted by molar-refractivity contribution is -0.137. The van der Waals surface area contributed by atoms with E-state index >= 15 is 0 Å². The van der Waals surface area contributed by atoms with E-state index in [1.165, 1.54) is 12.1 Å². The molecule has 7 nitrogen and oxygen atoms in total. The van der Waals surface area contributed by atoms with Gasteiger partial charge in [0.2, 0.25) is 5.88 Å². The molecule has 0 saturated heterocycles. The number of aryl methyl sites for hydroxylation is 2. The Morgan fingerprint density at radius 3 is 2.56 bits per heavy atom. The quantitative estimate of drug-likeness (QED) is 0.267. The van der Waals surface area contributed by atoms with Crippen molar-refractivity contribution in [2.75, 3.05) is 26.0 Å². The highest BCUT2D eigenvalue weighted by Gasteiger charge is 2.30. The first kappa shape index (κ1) is 27.7. The second kappa shape index (κ2) is 12.0. The molecule has 0 aliphatic rings. The first-order valence-electron chi connectivity index (χ1n) is 12.3. The van der Waals surface area contributed by atoms with E-state index < -0.39 is 17.6 Å². The van der Waals surface area contributed by atoms with E-state index in [0.29, 0.717) is 34.1 Å². The highest BCUT2D eigenvalue weighted by Crippen LogP contribution is 2.33. The smallest absolute Gasteiger partial charge is 0.416 e. The Morgan fingerprint density at radius 2 is 1.82 bits per heavy atom. The van der Waals surface area contributed by atoms with Crippen LogP contribution in [0.2, 0.25) is 0 Å². The Bertz CT molecular complexity index is 1460. The van der Waals surface area contributed by atoms with Gasteiger partial charge in [-0.1, -0.05) is 6.07 Å². The Labute approximate surface area is 224 Å². The first-order valence-corrected chi connectivity index (χ1v) is 12.3. The molecule has 4 aromatic rings. The number of carbonyl (C=O) groups is 1. The third-order valence-electron chi connectivity index (χ3n) is 5.85. The Kier molecular flexibility index (Phi) is 8.55. The number of nitrogens with zero attached hydrogens (tertiary/aromatic N) is 4. The molecular weight excluding hydrogens is 507 g/mol. The van der Waals surface area contributed by atoms with E-state index in [2.05, 4.69) is 20.2 Å². The zero-order chi connectivity index (χ0) is 28.0. The van der Waals surface area contributed by atoms with Gasteiger partial charge in [-0.15, -0.1) is 0 Å². The SMILES string of the molecule is Cc1cc(NC(=O)c2cccc(C(F)(F)F)c2)ccc1Oc1ncccc1-c1ccnc(CCCN(C)C)n1. The number of aromatic nitrogens is 3. The fourth-order valence-corrected chi connectivity index (χ4v) is 3.88. The van der Waals surface area contributed by atoms with Gasteiger partial charge < -0.3 is 15.0 Å². The van der Waals surface area contributed by atoms with Crippen molar-refractivity contribution in [2.24, 2.45) is 0 Å². The molecule has 0 bridgehead atoms. The van der Waals surface area contributed by atoms with Crippen LogP contribution in [0.4, 0.5) is 18.9 Å². The third kappa shape index (κ3) is 7.38. The van der Waals surface area contributed by atoms with Crippen molar-refractivity contribution in [1.82, 2.24) is 19.9 Å². The summed E-state index contributed by atoms with van der Waals surface area (Å²) in [5.41, 5.74) is 1.53. The normalized spacial score (nSPS) is 11.5. The van der Waals surface area contributed by atoms with E-state index in [0.717, 1.165) is 37.3 Å². The molecule has 0 fully saturated rings. The zero-order valence-corrected chi connectivity index (χ0v) is 21.8. The lowest BCUT2D eigenvalue weighted by Crippen LogP contribution is -2.14. The van der Waals surface area contributed by atoms with Crippen molar-refractivity contribution < 1.29 is 22.7 Å². The van der Waals surface area contributed by atoms with E-state index in [1.54, 1.807) is 49.6 Å². The van der Waals surface area contributed by atoms with Crippen LogP contribution in [-0.4, -0.2) is 46.4 Å². The average Bonchev–Trinajstić information content (AvgIpc) is 2.90. The largest absolute Gasteiger partial charge is 0.438 e. The number of amides is 1. The van der Waals surface area contributed by atoms with Crippen molar-refractivity contribution in [3.05, 3.63) is 95.6 Å². The van der Waals surface area contributed by atoms with Crippen LogP contribution in [0.3, 0.4) is 0 Å². The summed E-state index contributed by atoms with van der Waals surface area (Å²) in [6.07, 6.45) is 0.488. The number of anilines is 1. The van der Waals surface area contributed by atoms with Gasteiger partial charge in [0.1, 0.15) is 11.6 Å². The molecule has 0 unspecified atom stereocenters. The fraction of sp³-hybridized carbons (Fsp3) is 0.241. The lowest BCUT2D eigenvalue weighted by Gasteiger charge is -2.14. The summed E-state index contributed by atoms with van der Waals surface area (Å²) in [4.78, 5) is 28.2. The van der Waals surface area contributed by atoms with Gasteiger partial charge in [-0.3, -0.25) is 4.79 Å². The van der Waals surface area contributed by atoms with Crippen molar-refractivity contribution in [3.63, 3.8) is 0 Å². The minimum atomic E-state index is -4.53. The summed E-state index contributed by atoms with van der Waals surface area (Å²) in [6, 6.07) is 14.7. The van der Waals surface area contributed by atoms with Crippen molar-refractivity contribution in [3.8, 4) is 22.9 Å². The maximum atomic E-state index is 13.0. The third-order valence-corrected chi connectivity index (χ3v) is 5.85. The second-order valence-corrected chi connectivity index (χ2v) is 9.24. The molecule has 0 atom stereocenters. The van der Waals surface area contributed by atoms with Gasteiger partial charge in [0.15, 0.2) is 0 Å². The molecule has 39 heavy (non-hydrogen) atoms. The van der Waals surface area contributed by atoms with E-state index in [9.17, 15) is 18.0 Å². The fourth-order valence-electron chi connectivity index (χ4n) is 3.88. The molecule has 0 aliphatic heterocycles. The highest BCUT2D eigenvalue weighted by molar-refractivity contribution is 6.04. The summed E-state index contributed by atoms with van der Waals surface area (Å²) >= 11 is 0. The number of alkyl halides is 3. The zero-order valence-electron chi connectivity index (χ0n) is 21.8. The Hall–Kier alpha value is -4.31. The van der Waals surface area contributed by atoms with Gasteiger partial charge in [0.25, 0.3) is 5.91 Å². The van der Waals surface area contributed by atoms with Crippen LogP contribution in [0.5, 0.6) is 11.6 Å². The van der Waals surface area contributed by atoms with Crippen LogP contribution < -0.4 is 10.1 Å². The molecule has 0 spiro atoms. The van der Waals surface area contributed by atoms with Gasteiger partial charge in [0, 0.05) is 30.1 Å². The number of carbonyl (C=O) groups excluding carboxylic acids is 1. The Morgan fingerprint density at radius 1 is 1.00 bits per heavy atom. The standard InChI is InChI=1S/C29H28F3N5O2/c1-19-17-22(35-27(38)20-7-4-8-21(18-20)29(30,31)32)11-12-25(19)39-28-23(9-5-14-34-28)24-13-15-33-26(36-24)10-6-16-37(2)3/h4-5,7-9,11-15,17-18H,6,10,16H2,1-3H3,(H,35,38). The number of halogens is 3.